The molecule has 6 nitrogen and oxygen atoms in total. The van der Waals surface area contributed by atoms with Crippen molar-refractivity contribution in [2.75, 3.05) is 0 Å². The summed E-state index contributed by atoms with van der Waals surface area (Å²) >= 11 is 0. The Morgan fingerprint density at radius 3 is 2.74 bits per heavy atom. The van der Waals surface area contributed by atoms with Crippen LogP contribution in [0.1, 0.15) is 56.7 Å². The van der Waals surface area contributed by atoms with Gasteiger partial charge in [-0.15, -0.1) is 0 Å². The molecular formula is C26H23F3N4O2. The minimum Gasteiger partial charge on any atom is -0.479 e. The topological polar surface area (TPSA) is 94.7 Å². The SMILES string of the molecule is CC(C)(CC#N)c1c([C@@H]2CC[C@@](F)(C(=O)O)C2)c2cc3[nH]ncc3cc2n1-c1ccc(F)c(F)c1. The first-order valence-corrected chi connectivity index (χ1v) is 11.3. The van der Waals surface area contributed by atoms with E-state index in [9.17, 15) is 23.9 Å². The minimum absolute atomic E-state index is 0.103. The van der Waals surface area contributed by atoms with Crippen LogP contribution < -0.4 is 0 Å². The maximum absolute atomic E-state index is 15.2. The summed E-state index contributed by atoms with van der Waals surface area (Å²) in [6.45, 7) is 3.74. The highest BCUT2D eigenvalue weighted by Crippen LogP contribution is 2.51. The van der Waals surface area contributed by atoms with Crippen LogP contribution in [0.4, 0.5) is 13.2 Å². The van der Waals surface area contributed by atoms with Crippen molar-refractivity contribution in [1.82, 2.24) is 14.8 Å². The molecule has 2 aromatic carbocycles. The molecular weight excluding hydrogens is 457 g/mol. The van der Waals surface area contributed by atoms with Gasteiger partial charge in [0.05, 0.1) is 23.3 Å². The summed E-state index contributed by atoms with van der Waals surface area (Å²) in [5.74, 6) is -3.94. The number of nitrogens with zero attached hydrogens (tertiary/aromatic N) is 3. The number of aromatic nitrogens is 3. The summed E-state index contributed by atoms with van der Waals surface area (Å²) in [6, 6.07) is 9.52. The second-order valence-corrected chi connectivity index (χ2v) is 9.95. The van der Waals surface area contributed by atoms with Crippen molar-refractivity contribution < 1.29 is 23.1 Å². The summed E-state index contributed by atoms with van der Waals surface area (Å²) in [6.07, 6.45) is 1.71. The van der Waals surface area contributed by atoms with Crippen molar-refractivity contribution in [2.45, 2.75) is 56.5 Å². The number of carboxylic acid groups (broad SMARTS) is 1. The Labute approximate surface area is 199 Å². The van der Waals surface area contributed by atoms with Crippen LogP contribution in [0.15, 0.2) is 36.5 Å². The number of aromatic amines is 1. The molecule has 1 saturated carbocycles. The van der Waals surface area contributed by atoms with Crippen LogP contribution in [-0.4, -0.2) is 31.5 Å². The standard InChI is InChI=1S/C26H23F3N4O2/c1-25(2,7-8-30)23-22(14-5-6-26(29,12-14)24(34)35)17-11-20-15(13-31-32-20)9-21(17)33(23)16-3-4-18(27)19(28)10-16/h3-4,9-11,13-14H,5-7,12H2,1-2H3,(H,31,32)(H,34,35)/t14-,26+/m1/s1. The van der Waals surface area contributed by atoms with Gasteiger partial charge in [0.25, 0.3) is 0 Å². The van der Waals surface area contributed by atoms with Crippen LogP contribution in [0, 0.1) is 23.0 Å². The van der Waals surface area contributed by atoms with Gasteiger partial charge in [0, 0.05) is 40.1 Å². The fourth-order valence-corrected chi connectivity index (χ4v) is 5.44. The first kappa shape index (κ1) is 23.0. The number of hydrogen-bond donors (Lipinski definition) is 2. The zero-order valence-electron chi connectivity index (χ0n) is 19.2. The number of halogens is 3. The number of H-pyrrole nitrogens is 1. The summed E-state index contributed by atoms with van der Waals surface area (Å²) < 4.78 is 45.2. The number of benzene rings is 2. The highest BCUT2D eigenvalue weighted by atomic mass is 19.2. The van der Waals surface area contributed by atoms with E-state index >= 15 is 4.39 Å². The van der Waals surface area contributed by atoms with Gasteiger partial charge >= 0.3 is 5.97 Å². The second kappa shape index (κ2) is 7.87. The van der Waals surface area contributed by atoms with E-state index in [0.717, 1.165) is 34.0 Å². The number of nitrogens with one attached hydrogen (secondary N) is 1. The van der Waals surface area contributed by atoms with Crippen molar-refractivity contribution >= 4 is 27.8 Å². The zero-order valence-corrected chi connectivity index (χ0v) is 19.2. The first-order valence-electron chi connectivity index (χ1n) is 11.3. The van der Waals surface area contributed by atoms with Crippen molar-refractivity contribution in [3.63, 3.8) is 0 Å². The number of fused-ring (bicyclic) bond motifs is 2. The molecule has 0 unspecified atom stereocenters. The second-order valence-electron chi connectivity index (χ2n) is 9.95. The van der Waals surface area contributed by atoms with Gasteiger partial charge < -0.3 is 9.67 Å². The average molecular weight is 480 g/mol. The molecule has 1 fully saturated rings. The predicted octanol–water partition coefficient (Wildman–Crippen LogP) is 6.04. The van der Waals surface area contributed by atoms with Gasteiger partial charge in [0.2, 0.25) is 5.67 Å². The first-order chi connectivity index (χ1) is 16.6. The molecule has 1 aliphatic carbocycles. The molecule has 0 aliphatic heterocycles. The fraction of sp³-hybridized carbons (Fsp3) is 0.346. The third kappa shape index (κ3) is 3.55. The van der Waals surface area contributed by atoms with Crippen molar-refractivity contribution in [3.05, 3.63) is 59.4 Å². The van der Waals surface area contributed by atoms with E-state index in [-0.39, 0.29) is 19.3 Å². The van der Waals surface area contributed by atoms with Crippen LogP contribution >= 0.6 is 0 Å². The molecule has 0 saturated heterocycles. The summed E-state index contributed by atoms with van der Waals surface area (Å²) in [5.41, 5.74) is -0.00366. The normalized spacial score (nSPS) is 20.5. The highest BCUT2D eigenvalue weighted by Gasteiger charge is 2.48. The van der Waals surface area contributed by atoms with Crippen LogP contribution in [-0.2, 0) is 10.2 Å². The number of hydrogen-bond acceptors (Lipinski definition) is 3. The van der Waals surface area contributed by atoms with Gasteiger partial charge in [0.15, 0.2) is 11.6 Å². The Morgan fingerprint density at radius 2 is 2.09 bits per heavy atom. The molecule has 0 amide bonds. The number of nitriles is 1. The van der Waals surface area contributed by atoms with Gasteiger partial charge in [-0.3, -0.25) is 5.10 Å². The Kier molecular flexibility index (Phi) is 5.16. The van der Waals surface area contributed by atoms with Gasteiger partial charge in [-0.25, -0.2) is 18.0 Å². The van der Waals surface area contributed by atoms with Crippen LogP contribution in [0.5, 0.6) is 0 Å². The predicted molar refractivity (Wildman–Crippen MR) is 124 cm³/mol. The van der Waals surface area contributed by atoms with Crippen molar-refractivity contribution in [1.29, 1.82) is 5.26 Å². The monoisotopic (exact) mass is 480 g/mol. The highest BCUT2D eigenvalue weighted by molar-refractivity contribution is 5.99. The molecule has 9 heteroatoms. The largest absolute Gasteiger partial charge is 0.479 e. The van der Waals surface area contributed by atoms with Gasteiger partial charge in [-0.2, -0.15) is 10.4 Å². The van der Waals surface area contributed by atoms with Crippen LogP contribution in [0.25, 0.3) is 27.5 Å². The molecule has 2 heterocycles. The van der Waals surface area contributed by atoms with E-state index < -0.39 is 34.6 Å². The Balaban J connectivity index is 1.89. The van der Waals surface area contributed by atoms with E-state index in [1.807, 2.05) is 26.0 Å². The summed E-state index contributed by atoms with van der Waals surface area (Å²) in [7, 11) is 0. The quantitative estimate of drug-likeness (QED) is 0.364. The fourth-order valence-electron chi connectivity index (χ4n) is 5.44. The number of carbonyl (C=O) groups is 1. The van der Waals surface area contributed by atoms with Crippen molar-refractivity contribution in [2.24, 2.45) is 0 Å². The third-order valence-electron chi connectivity index (χ3n) is 7.14. The van der Waals surface area contributed by atoms with Gasteiger partial charge in [-0.1, -0.05) is 13.8 Å². The number of carboxylic acids is 1. The Hall–Kier alpha value is -3.80. The Bertz CT molecular complexity index is 1530. The smallest absolute Gasteiger partial charge is 0.341 e. The molecule has 2 aromatic heterocycles. The molecule has 0 spiro atoms. The molecule has 2 atom stereocenters. The Morgan fingerprint density at radius 1 is 1.31 bits per heavy atom. The molecule has 4 aromatic rings. The summed E-state index contributed by atoms with van der Waals surface area (Å²) in [5, 5.41) is 27.6. The van der Waals surface area contributed by atoms with Crippen LogP contribution in [0.3, 0.4) is 0 Å². The van der Waals surface area contributed by atoms with E-state index in [4.69, 9.17) is 0 Å². The molecule has 0 radical (unpaired) electrons. The third-order valence-corrected chi connectivity index (χ3v) is 7.14. The maximum atomic E-state index is 15.2. The average Bonchev–Trinajstić information content (AvgIpc) is 3.50. The lowest BCUT2D eigenvalue weighted by atomic mass is 9.79. The lowest BCUT2D eigenvalue weighted by molar-refractivity contribution is -0.150. The maximum Gasteiger partial charge on any atom is 0.341 e. The molecule has 1 aliphatic rings. The van der Waals surface area contributed by atoms with E-state index in [0.29, 0.717) is 23.3 Å². The lowest BCUT2D eigenvalue weighted by Crippen LogP contribution is -2.30. The van der Waals surface area contributed by atoms with Crippen molar-refractivity contribution in [3.8, 4) is 11.8 Å². The molecule has 35 heavy (non-hydrogen) atoms. The van der Waals surface area contributed by atoms with Crippen LogP contribution in [0.2, 0.25) is 0 Å². The minimum atomic E-state index is -2.35. The molecule has 2 N–H and O–H groups in total. The number of alkyl halides is 1. The molecule has 180 valence electrons. The van der Waals surface area contributed by atoms with E-state index in [1.165, 1.54) is 6.07 Å². The van der Waals surface area contributed by atoms with Gasteiger partial charge in [0.1, 0.15) is 0 Å². The molecule has 0 bridgehead atoms. The van der Waals surface area contributed by atoms with E-state index in [1.54, 1.807) is 10.8 Å². The molecule has 5 rings (SSSR count). The number of rotatable bonds is 5. The zero-order chi connectivity index (χ0) is 25.1. The number of aliphatic carboxylic acids is 1. The lowest BCUT2D eigenvalue weighted by Gasteiger charge is -2.28. The summed E-state index contributed by atoms with van der Waals surface area (Å²) in [4.78, 5) is 11.7. The van der Waals surface area contributed by atoms with Gasteiger partial charge in [-0.05, 0) is 55.0 Å². The van der Waals surface area contributed by atoms with E-state index in [2.05, 4.69) is 16.3 Å².